The summed E-state index contributed by atoms with van der Waals surface area (Å²) < 4.78 is 28.7. The number of hydrogen-bond donors (Lipinski definition) is 1. The molecule has 0 radical (unpaired) electrons. The van der Waals surface area contributed by atoms with E-state index in [4.69, 9.17) is 0 Å². The van der Waals surface area contributed by atoms with Crippen molar-refractivity contribution < 1.29 is 8.78 Å². The minimum absolute atomic E-state index is 0.258. The van der Waals surface area contributed by atoms with E-state index in [1.807, 2.05) is 24.3 Å². The van der Waals surface area contributed by atoms with Crippen molar-refractivity contribution in [3.8, 4) is 0 Å². The summed E-state index contributed by atoms with van der Waals surface area (Å²) in [6.07, 6.45) is 0.600. The molecule has 2 rings (SSSR count). The van der Waals surface area contributed by atoms with Crippen LogP contribution in [0.1, 0.15) is 22.7 Å². The minimum atomic E-state index is -0.377. The van der Waals surface area contributed by atoms with Gasteiger partial charge in [0.25, 0.3) is 0 Å². The largest absolute Gasteiger partial charge is 0.313 e. The Morgan fingerprint density at radius 3 is 2.35 bits per heavy atom. The van der Waals surface area contributed by atoms with Crippen molar-refractivity contribution in [3.05, 3.63) is 69.2 Å². The number of aryl methyl sites for hydroxylation is 1. The topological polar surface area (TPSA) is 12.0 Å². The van der Waals surface area contributed by atoms with Gasteiger partial charge in [0.15, 0.2) is 0 Å². The first-order valence-corrected chi connectivity index (χ1v) is 7.18. The molecule has 0 heterocycles. The Balaban J connectivity index is 2.28. The van der Waals surface area contributed by atoms with E-state index in [9.17, 15) is 8.78 Å². The van der Waals surface area contributed by atoms with E-state index in [0.717, 1.165) is 10.0 Å². The van der Waals surface area contributed by atoms with Crippen LogP contribution in [0.5, 0.6) is 0 Å². The molecule has 4 heteroatoms. The maximum Gasteiger partial charge on any atom is 0.128 e. The molecule has 0 saturated heterocycles. The first kappa shape index (κ1) is 15.1. The third kappa shape index (κ3) is 3.44. The van der Waals surface area contributed by atoms with Crippen molar-refractivity contribution in [2.45, 2.75) is 19.4 Å². The van der Waals surface area contributed by atoms with E-state index in [1.165, 1.54) is 12.1 Å². The molecule has 0 fully saturated rings. The molecule has 0 aromatic heterocycles. The van der Waals surface area contributed by atoms with E-state index in [0.29, 0.717) is 17.5 Å². The maximum absolute atomic E-state index is 14.0. The Kier molecular flexibility index (Phi) is 4.89. The SMILES string of the molecule is CNC(Cc1ccc(Br)cc1)c1cc(F)c(C)cc1F. The average molecular weight is 340 g/mol. The fraction of sp³-hybridized carbons (Fsp3) is 0.250. The Morgan fingerprint density at radius 1 is 1.10 bits per heavy atom. The van der Waals surface area contributed by atoms with Gasteiger partial charge in [-0.2, -0.15) is 0 Å². The molecule has 0 aliphatic carbocycles. The van der Waals surface area contributed by atoms with Crippen molar-refractivity contribution >= 4 is 15.9 Å². The molecule has 1 nitrogen and oxygen atoms in total. The lowest BCUT2D eigenvalue weighted by Gasteiger charge is -2.18. The summed E-state index contributed by atoms with van der Waals surface area (Å²) in [4.78, 5) is 0. The molecule has 0 aliphatic heterocycles. The van der Waals surface area contributed by atoms with Gasteiger partial charge in [-0.3, -0.25) is 0 Å². The Labute approximate surface area is 126 Å². The summed E-state index contributed by atoms with van der Waals surface area (Å²) >= 11 is 3.38. The molecule has 0 amide bonds. The first-order valence-electron chi connectivity index (χ1n) is 6.38. The van der Waals surface area contributed by atoms with Gasteiger partial charge < -0.3 is 5.32 Å². The molecule has 0 spiro atoms. The van der Waals surface area contributed by atoms with Gasteiger partial charge in [0, 0.05) is 16.1 Å². The van der Waals surface area contributed by atoms with Gasteiger partial charge in [-0.15, -0.1) is 0 Å². The first-order chi connectivity index (χ1) is 9.51. The van der Waals surface area contributed by atoms with Gasteiger partial charge in [0.05, 0.1) is 0 Å². The molecule has 20 heavy (non-hydrogen) atoms. The molecule has 2 aromatic carbocycles. The van der Waals surface area contributed by atoms with Gasteiger partial charge in [-0.05, 0) is 55.8 Å². The fourth-order valence-corrected chi connectivity index (χ4v) is 2.42. The van der Waals surface area contributed by atoms with Crippen LogP contribution in [-0.2, 0) is 6.42 Å². The highest BCUT2D eigenvalue weighted by Gasteiger charge is 2.17. The molecule has 0 aliphatic rings. The van der Waals surface area contributed by atoms with E-state index < -0.39 is 0 Å². The van der Waals surface area contributed by atoms with Crippen molar-refractivity contribution in [1.29, 1.82) is 0 Å². The van der Waals surface area contributed by atoms with Crippen LogP contribution in [0.4, 0.5) is 8.78 Å². The van der Waals surface area contributed by atoms with Crippen LogP contribution in [0.2, 0.25) is 0 Å². The summed E-state index contributed by atoms with van der Waals surface area (Å²) in [6.45, 7) is 1.56. The lowest BCUT2D eigenvalue weighted by Crippen LogP contribution is -2.20. The molecule has 2 aromatic rings. The lowest BCUT2D eigenvalue weighted by atomic mass is 9.97. The van der Waals surface area contributed by atoms with Crippen LogP contribution in [0.15, 0.2) is 40.9 Å². The number of rotatable bonds is 4. The quantitative estimate of drug-likeness (QED) is 0.862. The number of benzene rings is 2. The normalized spacial score (nSPS) is 12.4. The van der Waals surface area contributed by atoms with Crippen LogP contribution in [-0.4, -0.2) is 7.05 Å². The van der Waals surface area contributed by atoms with Gasteiger partial charge >= 0.3 is 0 Å². The Hall–Kier alpha value is -1.26. The van der Waals surface area contributed by atoms with Crippen molar-refractivity contribution in [2.24, 2.45) is 0 Å². The summed E-state index contributed by atoms with van der Waals surface area (Å²) in [5.41, 5.74) is 1.75. The maximum atomic E-state index is 14.0. The van der Waals surface area contributed by atoms with Crippen LogP contribution in [0.25, 0.3) is 0 Å². The van der Waals surface area contributed by atoms with Gasteiger partial charge in [-0.1, -0.05) is 28.1 Å². The summed E-state index contributed by atoms with van der Waals surface area (Å²) in [6, 6.07) is 10.1. The molecule has 106 valence electrons. The predicted octanol–water partition coefficient (Wildman–Crippen LogP) is 4.54. The zero-order valence-electron chi connectivity index (χ0n) is 11.4. The number of likely N-dealkylation sites (N-methyl/N-ethyl adjacent to an activating group) is 1. The molecule has 1 unspecified atom stereocenters. The van der Waals surface area contributed by atoms with E-state index in [-0.39, 0.29) is 17.7 Å². The van der Waals surface area contributed by atoms with Crippen LogP contribution in [0.3, 0.4) is 0 Å². The van der Waals surface area contributed by atoms with E-state index >= 15 is 0 Å². The van der Waals surface area contributed by atoms with Crippen molar-refractivity contribution in [1.82, 2.24) is 5.32 Å². The zero-order chi connectivity index (χ0) is 14.7. The van der Waals surface area contributed by atoms with Crippen molar-refractivity contribution in [3.63, 3.8) is 0 Å². The zero-order valence-corrected chi connectivity index (χ0v) is 13.0. The van der Waals surface area contributed by atoms with Crippen molar-refractivity contribution in [2.75, 3.05) is 7.05 Å². The molecule has 0 bridgehead atoms. The highest BCUT2D eigenvalue weighted by molar-refractivity contribution is 9.10. The van der Waals surface area contributed by atoms with Gasteiger partial charge in [0.1, 0.15) is 11.6 Å². The fourth-order valence-electron chi connectivity index (χ4n) is 2.15. The van der Waals surface area contributed by atoms with E-state index in [2.05, 4.69) is 21.2 Å². The van der Waals surface area contributed by atoms with Crippen LogP contribution in [0, 0.1) is 18.6 Å². The average Bonchev–Trinajstić information content (AvgIpc) is 2.43. The van der Waals surface area contributed by atoms with Crippen LogP contribution >= 0.6 is 15.9 Å². The molecular weight excluding hydrogens is 324 g/mol. The smallest absolute Gasteiger partial charge is 0.128 e. The second-order valence-electron chi connectivity index (χ2n) is 4.79. The van der Waals surface area contributed by atoms with Gasteiger partial charge in [0.2, 0.25) is 0 Å². The second-order valence-corrected chi connectivity index (χ2v) is 5.71. The molecular formula is C16H16BrF2N. The number of nitrogens with one attached hydrogen (secondary N) is 1. The number of hydrogen-bond acceptors (Lipinski definition) is 1. The molecule has 0 saturated carbocycles. The molecule has 1 atom stereocenters. The van der Waals surface area contributed by atoms with Gasteiger partial charge in [-0.25, -0.2) is 8.78 Å². The Morgan fingerprint density at radius 2 is 1.75 bits per heavy atom. The Bertz CT molecular complexity index is 596. The highest BCUT2D eigenvalue weighted by atomic mass is 79.9. The highest BCUT2D eigenvalue weighted by Crippen LogP contribution is 2.24. The monoisotopic (exact) mass is 339 g/mol. The standard InChI is InChI=1S/C16H16BrF2N/c1-10-7-15(19)13(9-14(10)18)16(20-2)8-11-3-5-12(17)6-4-11/h3-7,9,16,20H,8H2,1-2H3. The van der Waals surface area contributed by atoms with Crippen LogP contribution < -0.4 is 5.32 Å². The predicted molar refractivity (Wildman–Crippen MR) is 80.7 cm³/mol. The summed E-state index contributed by atoms with van der Waals surface area (Å²) in [5.74, 6) is -0.752. The lowest BCUT2D eigenvalue weighted by molar-refractivity contribution is 0.520. The summed E-state index contributed by atoms with van der Waals surface area (Å²) in [5, 5.41) is 3.05. The number of halogens is 3. The second kappa shape index (κ2) is 6.46. The third-order valence-electron chi connectivity index (χ3n) is 3.35. The third-order valence-corrected chi connectivity index (χ3v) is 3.88. The molecule has 1 N–H and O–H groups in total. The van der Waals surface area contributed by atoms with E-state index in [1.54, 1.807) is 14.0 Å². The summed E-state index contributed by atoms with van der Waals surface area (Å²) in [7, 11) is 1.75. The minimum Gasteiger partial charge on any atom is -0.313 e.